The van der Waals surface area contributed by atoms with Gasteiger partial charge in [0.15, 0.2) is 6.21 Å². The third-order valence-corrected chi connectivity index (χ3v) is 5.81. The fourth-order valence-electron chi connectivity index (χ4n) is 2.74. The summed E-state index contributed by atoms with van der Waals surface area (Å²) in [6.07, 6.45) is 1.39. The van der Waals surface area contributed by atoms with Crippen molar-refractivity contribution in [1.82, 2.24) is 4.57 Å². The Morgan fingerprint density at radius 2 is 1.39 bits per heavy atom. The first-order valence-corrected chi connectivity index (χ1v) is 10.5. The van der Waals surface area contributed by atoms with Gasteiger partial charge in [-0.15, -0.1) is 0 Å². The lowest BCUT2D eigenvalue weighted by molar-refractivity contribution is -0.467. The van der Waals surface area contributed by atoms with Crippen LogP contribution in [0.3, 0.4) is 0 Å². The van der Waals surface area contributed by atoms with Gasteiger partial charge in [0, 0.05) is 5.32 Å². The number of fused-ring (bicyclic) bond motifs is 1. The van der Waals surface area contributed by atoms with Crippen molar-refractivity contribution in [2.24, 2.45) is 0 Å². The van der Waals surface area contributed by atoms with Crippen molar-refractivity contribution in [3.05, 3.63) is 46.9 Å². The van der Waals surface area contributed by atoms with Gasteiger partial charge in [0.2, 0.25) is 35.8 Å². The second kappa shape index (κ2) is 5.02. The van der Waals surface area contributed by atoms with Gasteiger partial charge in [0.25, 0.3) is 5.69 Å². The Morgan fingerprint density at radius 3 is 1.91 bits per heavy atom. The van der Waals surface area contributed by atoms with Crippen molar-refractivity contribution in [3.8, 4) is 0 Å². The highest BCUT2D eigenvalue weighted by molar-refractivity contribution is 6.88. The van der Waals surface area contributed by atoms with Gasteiger partial charge < -0.3 is 0 Å². The van der Waals surface area contributed by atoms with E-state index in [1.165, 1.54) is 6.21 Å². The van der Waals surface area contributed by atoms with Gasteiger partial charge in [-0.3, -0.25) is 4.57 Å². The molecule has 1 aromatic carbocycles. The molecular weight excluding hydrogens is 331 g/mol. The van der Waals surface area contributed by atoms with Gasteiger partial charge in [-0.05, 0) is 12.1 Å². The molecule has 2 aromatic rings. The van der Waals surface area contributed by atoms with E-state index in [1.54, 1.807) is 6.07 Å². The Balaban J connectivity index is 2.12. The van der Waals surface area contributed by atoms with E-state index in [4.69, 9.17) is 0 Å². The molecule has 1 aliphatic heterocycles. The maximum absolute atomic E-state index is 13.9. The molecule has 0 unspecified atom stereocenters. The first-order valence-electron chi connectivity index (χ1n) is 6.96. The normalized spacial score (nSPS) is 14.2. The summed E-state index contributed by atoms with van der Waals surface area (Å²) >= 11 is 0. The largest absolute Gasteiger partial charge is 0.288 e. The highest BCUT2D eigenvalue weighted by Crippen LogP contribution is 2.30. The first kappa shape index (κ1) is 15.9. The minimum atomic E-state index is -2.15. The molecule has 3 rings (SSSR count). The molecule has 0 aliphatic carbocycles. The summed E-state index contributed by atoms with van der Waals surface area (Å²) in [5, 5.41) is 1.04. The first-order chi connectivity index (χ1) is 10.6. The van der Waals surface area contributed by atoms with E-state index in [9.17, 15) is 22.0 Å². The number of hydrogen-bond acceptors (Lipinski definition) is 0. The fraction of sp³-hybridized carbons (Fsp3) is 0.267. The summed E-state index contributed by atoms with van der Waals surface area (Å²) in [4.78, 5) is 0. The maximum atomic E-state index is 13.9. The molecule has 0 radical (unpaired) electrons. The summed E-state index contributed by atoms with van der Waals surface area (Å²) in [5.41, 5.74) is -0.252. The average Bonchev–Trinajstić information content (AvgIpc) is 3.02. The monoisotopic (exact) mass is 345 g/mol. The Hall–Kier alpha value is -1.96. The van der Waals surface area contributed by atoms with Crippen molar-refractivity contribution >= 4 is 25.3 Å². The van der Waals surface area contributed by atoms with E-state index in [-0.39, 0.29) is 6.67 Å². The number of nitrogens with zero attached hydrogens (tertiary/aromatic N) is 2. The number of hydrogen-bond donors (Lipinski definition) is 0. The number of rotatable bonds is 2. The van der Waals surface area contributed by atoms with E-state index in [2.05, 4.69) is 19.6 Å². The van der Waals surface area contributed by atoms with Crippen molar-refractivity contribution in [2.75, 3.05) is 0 Å². The van der Waals surface area contributed by atoms with E-state index < -0.39 is 42.8 Å². The molecule has 0 amide bonds. The molecule has 23 heavy (non-hydrogen) atoms. The zero-order chi connectivity index (χ0) is 17.1. The molecule has 0 atom stereocenters. The van der Waals surface area contributed by atoms with Gasteiger partial charge in [0.1, 0.15) is 5.69 Å². The van der Waals surface area contributed by atoms with Crippen molar-refractivity contribution < 1.29 is 26.5 Å². The van der Waals surface area contributed by atoms with Crippen LogP contribution >= 0.6 is 0 Å². The topological polar surface area (TPSA) is 7.94 Å². The fourth-order valence-corrected chi connectivity index (χ4v) is 4.34. The molecule has 0 bridgehead atoms. The standard InChI is InChI=1S/C15H14F5N2Si/c1-23(2,3)9-5-4-8-6-21(7-22(8)9)15-13(19)11(17)10(16)12(18)14(15)20/h4-6H,7H2,1-3H3/q+1. The van der Waals surface area contributed by atoms with E-state index in [0.29, 0.717) is 5.69 Å². The van der Waals surface area contributed by atoms with Gasteiger partial charge in [-0.1, -0.05) is 19.6 Å². The number of benzene rings is 1. The van der Waals surface area contributed by atoms with E-state index in [0.717, 1.165) is 9.89 Å². The van der Waals surface area contributed by atoms with Crippen LogP contribution in [0.2, 0.25) is 19.6 Å². The highest BCUT2D eigenvalue weighted by atomic mass is 28.3. The second-order valence-corrected chi connectivity index (χ2v) is 11.5. The Kier molecular flexibility index (Phi) is 3.47. The lowest BCUT2D eigenvalue weighted by atomic mass is 10.2. The van der Waals surface area contributed by atoms with Gasteiger partial charge in [-0.25, -0.2) is 13.2 Å². The quantitative estimate of drug-likeness (QED) is 0.259. The van der Waals surface area contributed by atoms with Gasteiger partial charge in [0.05, 0.1) is 8.07 Å². The Bertz CT molecular complexity index is 820. The summed E-state index contributed by atoms with van der Waals surface area (Å²) in [5.74, 6) is -9.66. The number of halogens is 5. The van der Waals surface area contributed by atoms with Crippen LogP contribution in [0.1, 0.15) is 5.69 Å². The van der Waals surface area contributed by atoms with Crippen LogP contribution in [0.4, 0.5) is 27.6 Å². The summed E-state index contributed by atoms with van der Waals surface area (Å²) in [7, 11) is -1.71. The minimum Gasteiger partial charge on any atom is -0.288 e. The van der Waals surface area contributed by atoms with Gasteiger partial charge >= 0.3 is 0 Å². The third kappa shape index (κ3) is 2.32. The van der Waals surface area contributed by atoms with Crippen molar-refractivity contribution in [2.45, 2.75) is 26.3 Å². The lowest BCUT2D eigenvalue weighted by Crippen LogP contribution is -2.43. The van der Waals surface area contributed by atoms with Crippen LogP contribution in [0.25, 0.3) is 0 Å². The van der Waals surface area contributed by atoms with E-state index >= 15 is 0 Å². The van der Waals surface area contributed by atoms with Gasteiger partial charge in [-0.2, -0.15) is 13.4 Å². The van der Waals surface area contributed by atoms with Crippen LogP contribution in [-0.4, -0.2) is 23.4 Å². The predicted octanol–water partition coefficient (Wildman–Crippen LogP) is 3.46. The zero-order valence-electron chi connectivity index (χ0n) is 12.7. The van der Waals surface area contributed by atoms with Crippen LogP contribution in [-0.2, 0) is 6.67 Å². The second-order valence-electron chi connectivity index (χ2n) is 6.48. The summed E-state index contributed by atoms with van der Waals surface area (Å²) in [6, 6.07) is 3.72. The Morgan fingerprint density at radius 1 is 0.870 bits per heavy atom. The molecule has 1 aliphatic rings. The van der Waals surface area contributed by atoms with Crippen LogP contribution < -0.4 is 5.32 Å². The smallest absolute Gasteiger partial charge is 0.285 e. The highest BCUT2D eigenvalue weighted by Gasteiger charge is 2.36. The van der Waals surface area contributed by atoms with E-state index in [1.807, 2.05) is 10.6 Å². The van der Waals surface area contributed by atoms with Crippen LogP contribution in [0, 0.1) is 29.1 Å². The molecule has 2 heterocycles. The minimum absolute atomic E-state index is 0.0142. The molecule has 0 saturated heterocycles. The Labute approximate surface area is 130 Å². The molecule has 0 N–H and O–H groups in total. The maximum Gasteiger partial charge on any atom is 0.285 e. The average molecular weight is 345 g/mol. The molecule has 0 saturated carbocycles. The summed E-state index contributed by atoms with van der Waals surface area (Å²) < 4.78 is 70.7. The molecule has 8 heteroatoms. The zero-order valence-corrected chi connectivity index (χ0v) is 13.7. The van der Waals surface area contributed by atoms with Crippen LogP contribution in [0.5, 0.6) is 0 Å². The third-order valence-electron chi connectivity index (χ3n) is 3.84. The van der Waals surface area contributed by atoms with Crippen molar-refractivity contribution in [3.63, 3.8) is 0 Å². The SMILES string of the molecule is C[Si](C)(C)c1ccc2n1C[N+](c1c(F)c(F)c(F)c(F)c1F)=C2. The molecule has 1 aromatic heterocycles. The molecule has 122 valence electrons. The van der Waals surface area contributed by atoms with Crippen molar-refractivity contribution in [1.29, 1.82) is 0 Å². The van der Waals surface area contributed by atoms with Crippen LogP contribution in [0.15, 0.2) is 12.1 Å². The molecule has 0 fully saturated rings. The molecular formula is C15H14F5N2Si+. The summed E-state index contributed by atoms with van der Waals surface area (Å²) in [6.45, 7) is 6.34. The molecule has 0 spiro atoms. The molecule has 2 nitrogen and oxygen atoms in total. The number of aromatic nitrogens is 1. The lowest BCUT2D eigenvalue weighted by Gasteiger charge is -2.17. The predicted molar refractivity (Wildman–Crippen MR) is 78.7 cm³/mol.